The number of nitrogens with zero attached hydrogens (tertiary/aromatic N) is 3. The third-order valence-corrected chi connectivity index (χ3v) is 3.31. The zero-order valence-corrected chi connectivity index (χ0v) is 9.88. The summed E-state index contributed by atoms with van der Waals surface area (Å²) in [5.74, 6) is 0.00169. The van der Waals surface area contributed by atoms with E-state index in [-0.39, 0.29) is 5.96 Å². The van der Waals surface area contributed by atoms with E-state index >= 15 is 0 Å². The van der Waals surface area contributed by atoms with Gasteiger partial charge in [0, 0.05) is 17.3 Å². The van der Waals surface area contributed by atoms with E-state index in [0.717, 1.165) is 16.4 Å². The van der Waals surface area contributed by atoms with Crippen molar-refractivity contribution in [1.82, 2.24) is 9.97 Å². The van der Waals surface area contributed by atoms with E-state index in [4.69, 9.17) is 17.2 Å². The molecule has 0 fully saturated rings. The van der Waals surface area contributed by atoms with E-state index in [1.807, 2.05) is 10.8 Å². The third kappa shape index (κ3) is 2.35. The van der Waals surface area contributed by atoms with Crippen molar-refractivity contribution in [2.75, 3.05) is 0 Å². The average Bonchev–Trinajstić information content (AvgIpc) is 2.83. The van der Waals surface area contributed by atoms with Crippen molar-refractivity contribution in [3.63, 3.8) is 0 Å². The van der Waals surface area contributed by atoms with E-state index in [2.05, 4.69) is 15.0 Å². The Labute approximate surface area is 99.9 Å². The highest BCUT2D eigenvalue weighted by Gasteiger charge is 2.07. The van der Waals surface area contributed by atoms with Gasteiger partial charge in [0.15, 0.2) is 5.96 Å². The van der Waals surface area contributed by atoms with Crippen LogP contribution in [0.1, 0.15) is 5.01 Å². The van der Waals surface area contributed by atoms with Crippen molar-refractivity contribution >= 4 is 33.8 Å². The lowest BCUT2D eigenvalue weighted by atomic mass is 10.4. The Morgan fingerprint density at radius 2 is 1.88 bits per heavy atom. The molecule has 84 valence electrons. The molecule has 0 atom stereocenters. The van der Waals surface area contributed by atoms with Gasteiger partial charge >= 0.3 is 0 Å². The van der Waals surface area contributed by atoms with Crippen LogP contribution in [0.5, 0.6) is 0 Å². The number of hydrogen-bond acceptors (Lipinski definition) is 6. The van der Waals surface area contributed by atoms with Crippen LogP contribution in [0.15, 0.2) is 15.8 Å². The van der Waals surface area contributed by atoms with Gasteiger partial charge in [0.25, 0.3) is 0 Å². The van der Waals surface area contributed by atoms with Gasteiger partial charge in [0.05, 0.1) is 0 Å². The van der Waals surface area contributed by atoms with Gasteiger partial charge in [-0.3, -0.25) is 0 Å². The largest absolute Gasteiger partial charge is 0.370 e. The minimum Gasteiger partial charge on any atom is -0.370 e. The van der Waals surface area contributed by atoms with Crippen LogP contribution in [0, 0.1) is 0 Å². The summed E-state index contributed by atoms with van der Waals surface area (Å²) in [6.07, 6.45) is 0. The number of thiazole rings is 2. The molecule has 0 spiro atoms. The number of rotatable bonds is 3. The second-order valence-electron chi connectivity index (χ2n) is 2.88. The van der Waals surface area contributed by atoms with Crippen molar-refractivity contribution in [3.05, 3.63) is 15.8 Å². The van der Waals surface area contributed by atoms with Crippen LogP contribution in [-0.2, 0) is 6.54 Å². The Bertz CT molecular complexity index is 510. The van der Waals surface area contributed by atoms with Crippen LogP contribution in [0.3, 0.4) is 0 Å². The molecule has 0 saturated carbocycles. The summed E-state index contributed by atoms with van der Waals surface area (Å²) in [6.45, 7) is 0.440. The van der Waals surface area contributed by atoms with Gasteiger partial charge in [-0.15, -0.1) is 22.7 Å². The molecule has 0 aromatic carbocycles. The summed E-state index contributed by atoms with van der Waals surface area (Å²) >= 11 is 2.88. The average molecular weight is 254 g/mol. The smallest absolute Gasteiger partial charge is 0.212 e. The molecule has 0 aliphatic heterocycles. The molecule has 0 radical (unpaired) electrons. The minimum absolute atomic E-state index is 0.00169. The molecular formula is C8H10N6S2. The van der Waals surface area contributed by atoms with Crippen molar-refractivity contribution in [3.8, 4) is 11.4 Å². The normalized spacial score (nSPS) is 10.3. The topological polar surface area (TPSA) is 116 Å². The van der Waals surface area contributed by atoms with Gasteiger partial charge < -0.3 is 17.2 Å². The Morgan fingerprint density at radius 3 is 2.50 bits per heavy atom. The van der Waals surface area contributed by atoms with E-state index in [0.29, 0.717) is 11.7 Å². The highest BCUT2D eigenvalue weighted by molar-refractivity contribution is 7.13. The molecule has 0 aliphatic carbocycles. The minimum atomic E-state index is 0.00169. The molecule has 2 rings (SSSR count). The number of guanidine groups is 1. The molecule has 0 aliphatic rings. The number of nitrogens with two attached hydrogens (primary N) is 3. The van der Waals surface area contributed by atoms with Crippen LogP contribution in [0.25, 0.3) is 11.4 Å². The van der Waals surface area contributed by atoms with Crippen molar-refractivity contribution in [2.24, 2.45) is 22.2 Å². The number of hydrogen-bond donors (Lipinski definition) is 3. The van der Waals surface area contributed by atoms with Crippen LogP contribution in [0.4, 0.5) is 5.13 Å². The maximum absolute atomic E-state index is 5.49. The summed E-state index contributed by atoms with van der Waals surface area (Å²) in [6, 6.07) is 0. The molecule has 2 heterocycles. The predicted octanol–water partition coefficient (Wildman–Crippen LogP) is 0.630. The number of aromatic nitrogens is 2. The van der Waals surface area contributed by atoms with Gasteiger partial charge in [-0.05, 0) is 0 Å². The van der Waals surface area contributed by atoms with Gasteiger partial charge in [-0.25, -0.2) is 9.97 Å². The predicted molar refractivity (Wildman–Crippen MR) is 66.6 cm³/mol. The molecule has 2 aromatic heterocycles. The van der Waals surface area contributed by atoms with Crippen LogP contribution in [0.2, 0.25) is 0 Å². The molecule has 6 N–H and O–H groups in total. The summed E-state index contributed by atoms with van der Waals surface area (Å²) in [7, 11) is 0. The van der Waals surface area contributed by atoms with Crippen molar-refractivity contribution in [2.45, 2.75) is 6.54 Å². The quantitative estimate of drug-likeness (QED) is 0.548. The highest BCUT2D eigenvalue weighted by Crippen LogP contribution is 2.27. The Kier molecular flexibility index (Phi) is 3.13. The van der Waals surface area contributed by atoms with Crippen LogP contribution < -0.4 is 17.2 Å². The standard InChI is InChI=1S/C8H10N6S2/c9-1-6-12-4(2-15-6)5-3-16-8(13-5)14-7(10)11/h2-3H,1,9H2,(H4,10,11,13,14). The number of aliphatic imine (C=N–C) groups is 1. The van der Waals surface area contributed by atoms with Crippen molar-refractivity contribution in [1.29, 1.82) is 0 Å². The van der Waals surface area contributed by atoms with E-state index < -0.39 is 0 Å². The second kappa shape index (κ2) is 4.56. The fourth-order valence-corrected chi connectivity index (χ4v) is 2.43. The molecular weight excluding hydrogens is 244 g/mol. The summed E-state index contributed by atoms with van der Waals surface area (Å²) in [5, 5.41) is 5.18. The Balaban J connectivity index is 2.27. The molecule has 16 heavy (non-hydrogen) atoms. The monoisotopic (exact) mass is 254 g/mol. The lowest BCUT2D eigenvalue weighted by Gasteiger charge is -1.88. The van der Waals surface area contributed by atoms with Gasteiger partial charge in [0.2, 0.25) is 5.13 Å². The van der Waals surface area contributed by atoms with E-state index in [9.17, 15) is 0 Å². The molecule has 8 heteroatoms. The first-order chi connectivity index (χ1) is 7.69. The van der Waals surface area contributed by atoms with Gasteiger partial charge in [-0.2, -0.15) is 4.99 Å². The summed E-state index contributed by atoms with van der Waals surface area (Å²) in [5.41, 5.74) is 17.6. The molecule has 0 bridgehead atoms. The second-order valence-corrected chi connectivity index (χ2v) is 4.66. The van der Waals surface area contributed by atoms with E-state index in [1.165, 1.54) is 22.7 Å². The summed E-state index contributed by atoms with van der Waals surface area (Å²) < 4.78 is 0. The van der Waals surface area contributed by atoms with Gasteiger partial charge in [0.1, 0.15) is 16.4 Å². The fraction of sp³-hybridized carbons (Fsp3) is 0.125. The summed E-state index contributed by atoms with van der Waals surface area (Å²) in [4.78, 5) is 12.4. The Morgan fingerprint density at radius 1 is 1.19 bits per heavy atom. The first-order valence-corrected chi connectivity index (χ1v) is 6.15. The van der Waals surface area contributed by atoms with E-state index in [1.54, 1.807) is 0 Å². The van der Waals surface area contributed by atoms with Crippen molar-refractivity contribution < 1.29 is 0 Å². The SMILES string of the molecule is NCc1nc(-c2csc(N=C(N)N)n2)cs1. The first-order valence-electron chi connectivity index (χ1n) is 4.39. The van der Waals surface area contributed by atoms with Gasteiger partial charge in [-0.1, -0.05) is 0 Å². The maximum atomic E-state index is 5.49. The molecule has 0 unspecified atom stereocenters. The highest BCUT2D eigenvalue weighted by atomic mass is 32.1. The maximum Gasteiger partial charge on any atom is 0.212 e. The fourth-order valence-electron chi connectivity index (χ4n) is 1.07. The zero-order valence-electron chi connectivity index (χ0n) is 8.25. The van der Waals surface area contributed by atoms with Crippen LogP contribution >= 0.6 is 22.7 Å². The Hall–Kier alpha value is -1.51. The molecule has 0 saturated heterocycles. The lowest BCUT2D eigenvalue weighted by Crippen LogP contribution is -2.21. The third-order valence-electron chi connectivity index (χ3n) is 1.71. The molecule has 6 nitrogen and oxygen atoms in total. The molecule has 2 aromatic rings. The lowest BCUT2D eigenvalue weighted by molar-refractivity contribution is 1.04. The van der Waals surface area contributed by atoms with Crippen LogP contribution in [-0.4, -0.2) is 15.9 Å². The zero-order chi connectivity index (χ0) is 11.5. The first kappa shape index (κ1) is 11.0. The molecule has 0 amide bonds.